The molecule has 0 amide bonds. The van der Waals surface area contributed by atoms with Crippen LogP contribution in [0.15, 0.2) is 0 Å². The molecule has 0 aliphatic rings. The molecule has 0 aliphatic carbocycles. The van der Waals surface area contributed by atoms with E-state index in [1.807, 2.05) is 0 Å². The van der Waals surface area contributed by atoms with Gasteiger partial charge in [0.05, 0.1) is 0 Å². The van der Waals surface area contributed by atoms with Gasteiger partial charge in [0.1, 0.15) is 0 Å². The number of rotatable bonds is 0. The van der Waals surface area contributed by atoms with Crippen molar-refractivity contribution in [1.82, 2.24) is 0 Å². The molecular formula is C2H3B2. The first-order valence-electron chi connectivity index (χ1n) is 1.08. The van der Waals surface area contributed by atoms with E-state index in [4.69, 9.17) is 15.3 Å². The molecule has 0 saturated carbocycles. The van der Waals surface area contributed by atoms with Crippen LogP contribution in [-0.4, -0.2) is 20.7 Å². The first kappa shape index (κ1) is 4.00. The number of hydrogen-bond donors (Lipinski definition) is 0. The molecule has 0 fully saturated rings. The van der Waals surface area contributed by atoms with Crippen LogP contribution in [0.25, 0.3) is 0 Å². The first-order chi connectivity index (χ1) is 1.73. The minimum atomic E-state index is 0.417. The van der Waals surface area contributed by atoms with Crippen molar-refractivity contribution in [2.75, 3.05) is 0 Å². The van der Waals surface area contributed by atoms with E-state index < -0.39 is 0 Å². The van der Waals surface area contributed by atoms with Gasteiger partial charge in [-0.05, 0) is 0 Å². The molecule has 0 unspecified atom stereocenters. The fraction of sp³-hybridized carbons (Fsp3) is 0.500. The summed E-state index contributed by atoms with van der Waals surface area (Å²) in [5.41, 5.74) is 0. The van der Waals surface area contributed by atoms with Gasteiger partial charge in [-0.1, -0.05) is 0 Å². The van der Waals surface area contributed by atoms with E-state index in [1.165, 1.54) is 0 Å². The predicted molar refractivity (Wildman–Crippen MR) is 22.2 cm³/mol. The van der Waals surface area contributed by atoms with Crippen LogP contribution in [-0.2, 0) is 0 Å². The summed E-state index contributed by atoms with van der Waals surface area (Å²) < 4.78 is 0. The molecule has 0 saturated heterocycles. The van der Waals surface area contributed by atoms with E-state index in [1.54, 1.807) is 6.92 Å². The monoisotopic (exact) mass is 49.0 g/mol. The van der Waals surface area contributed by atoms with E-state index in [0.29, 0.717) is 5.36 Å². The van der Waals surface area contributed by atoms with Gasteiger partial charge in [-0.25, -0.2) is 0 Å². The Morgan fingerprint density at radius 3 is 1.75 bits per heavy atom. The van der Waals surface area contributed by atoms with Crippen molar-refractivity contribution in [2.24, 2.45) is 0 Å². The Balaban J connectivity index is 2.80. The Kier molecular flexibility index (Phi) is 1.33. The van der Waals surface area contributed by atoms with Crippen molar-refractivity contribution in [2.45, 2.75) is 6.92 Å². The molecule has 4 heavy (non-hydrogen) atoms. The van der Waals surface area contributed by atoms with Crippen LogP contribution in [0.3, 0.4) is 0 Å². The van der Waals surface area contributed by atoms with Gasteiger partial charge < -0.3 is 0 Å². The Labute approximate surface area is 28.7 Å². The summed E-state index contributed by atoms with van der Waals surface area (Å²) in [4.78, 5) is 0. The van der Waals surface area contributed by atoms with Gasteiger partial charge in [0, 0.05) is 0 Å². The first-order valence-corrected chi connectivity index (χ1v) is 1.08. The third kappa shape index (κ3) is 119000000. The summed E-state index contributed by atoms with van der Waals surface area (Å²) in [6.07, 6.45) is 0. The molecule has 0 spiro atoms. The summed E-state index contributed by atoms with van der Waals surface area (Å²) in [5, 5.41) is 0.417. The van der Waals surface area contributed by atoms with E-state index in [-0.39, 0.29) is 0 Å². The Morgan fingerprint density at radius 1 is 1.75 bits per heavy atom. The SMILES string of the molecule is [B]C(=[B])C. The summed E-state index contributed by atoms with van der Waals surface area (Å²) in [7, 11) is 9.61. The van der Waals surface area contributed by atoms with Crippen LogP contribution in [0.1, 0.15) is 6.92 Å². The van der Waals surface area contributed by atoms with Crippen LogP contribution >= 0.6 is 0 Å². The molecule has 0 nitrogen and oxygen atoms in total. The second-order valence-corrected chi connectivity index (χ2v) is 0.744. The summed E-state index contributed by atoms with van der Waals surface area (Å²) in [5.74, 6) is 0. The fourth-order valence-corrected chi connectivity index (χ4v) is 0. The Morgan fingerprint density at radius 2 is 1.75 bits per heavy atom. The molecular weight excluding hydrogens is 45.6 g/mol. The zero-order chi connectivity index (χ0) is 3.58. The third-order valence-electron chi connectivity index (χ3n) is 0. The molecule has 17 valence electrons. The normalized spacial score (nSPS) is 6.00. The van der Waals surface area contributed by atoms with E-state index in [9.17, 15) is 0 Å². The summed E-state index contributed by atoms with van der Waals surface area (Å²) in [6.45, 7) is 1.64. The van der Waals surface area contributed by atoms with Gasteiger partial charge >= 0.3 is 27.6 Å². The van der Waals surface area contributed by atoms with E-state index in [0.717, 1.165) is 0 Å². The molecule has 0 rings (SSSR count). The number of hydrogen-bond acceptors (Lipinski definition) is 0. The molecule has 0 aliphatic heterocycles. The molecule has 2 heteroatoms. The Bertz CT molecular complexity index is 27.0. The second-order valence-electron chi connectivity index (χ2n) is 0.744. The molecule has 0 aromatic heterocycles. The average Bonchev–Trinajstić information content (AvgIpc) is 0.811. The van der Waals surface area contributed by atoms with E-state index in [2.05, 4.69) is 0 Å². The molecule has 0 aromatic carbocycles. The molecule has 0 heterocycles. The van der Waals surface area contributed by atoms with Crippen molar-refractivity contribution in [3.8, 4) is 0 Å². The Hall–Kier alpha value is -0.000130. The van der Waals surface area contributed by atoms with Crippen LogP contribution in [0.2, 0.25) is 0 Å². The zero-order valence-corrected chi connectivity index (χ0v) is 2.65. The van der Waals surface area contributed by atoms with E-state index >= 15 is 0 Å². The third-order valence-corrected chi connectivity index (χ3v) is 0. The van der Waals surface area contributed by atoms with Gasteiger partial charge in [-0.3, -0.25) is 0 Å². The van der Waals surface area contributed by atoms with Crippen molar-refractivity contribution in [3.05, 3.63) is 0 Å². The van der Waals surface area contributed by atoms with Gasteiger partial charge in [-0.15, -0.1) is 0 Å². The topological polar surface area (TPSA) is 0 Å². The standard InChI is InChI=1S/C2H3B2/c1-2(3)4/h1H3. The van der Waals surface area contributed by atoms with Crippen LogP contribution < -0.4 is 0 Å². The van der Waals surface area contributed by atoms with Crippen LogP contribution in [0.5, 0.6) is 0 Å². The van der Waals surface area contributed by atoms with Crippen LogP contribution in [0, 0.1) is 0 Å². The van der Waals surface area contributed by atoms with Crippen molar-refractivity contribution < 1.29 is 0 Å². The molecule has 0 atom stereocenters. The molecule has 0 aromatic rings. The molecule has 0 N–H and O–H groups in total. The van der Waals surface area contributed by atoms with Crippen LogP contribution in [0.4, 0.5) is 0 Å². The fourth-order valence-electron chi connectivity index (χ4n) is 0. The van der Waals surface area contributed by atoms with Gasteiger partial charge in [0.25, 0.3) is 0 Å². The van der Waals surface area contributed by atoms with Gasteiger partial charge in [-0.2, -0.15) is 0 Å². The van der Waals surface area contributed by atoms with Crippen molar-refractivity contribution >= 4 is 20.7 Å². The summed E-state index contributed by atoms with van der Waals surface area (Å²) >= 11 is 0. The summed E-state index contributed by atoms with van der Waals surface area (Å²) in [6, 6.07) is 0. The van der Waals surface area contributed by atoms with Crippen molar-refractivity contribution in [3.63, 3.8) is 0 Å². The van der Waals surface area contributed by atoms with Gasteiger partial charge in [0.15, 0.2) is 0 Å². The average molecular weight is 48.7 g/mol. The van der Waals surface area contributed by atoms with Gasteiger partial charge in [0.2, 0.25) is 0 Å². The maximum atomic E-state index is 4.81. The second kappa shape index (κ2) is 1.33. The quantitative estimate of drug-likeness (QED) is 0.323. The predicted octanol–water partition coefficient (Wildman–Crippen LogP) is -0.527. The molecule has 3 radical (unpaired) electrons. The zero-order valence-electron chi connectivity index (χ0n) is 2.65. The maximum absolute atomic E-state index is 4.81. The minimum absolute atomic E-state index is 0.417. The van der Waals surface area contributed by atoms with Crippen molar-refractivity contribution in [1.29, 1.82) is 0 Å². The molecule has 0 bridgehead atoms.